The Kier molecular flexibility index (Phi) is 5.53. The summed E-state index contributed by atoms with van der Waals surface area (Å²) in [5.41, 5.74) is 3.82. The Morgan fingerprint density at radius 3 is 2.76 bits per heavy atom. The lowest BCUT2D eigenvalue weighted by Crippen LogP contribution is -2.40. The second kappa shape index (κ2) is 8.01. The van der Waals surface area contributed by atoms with Crippen molar-refractivity contribution < 1.29 is 4.79 Å². The van der Waals surface area contributed by atoms with Gasteiger partial charge in [0.25, 0.3) is 0 Å². The number of anilines is 1. The highest BCUT2D eigenvalue weighted by atomic mass is 16.2. The highest BCUT2D eigenvalue weighted by molar-refractivity contribution is 5.74. The lowest BCUT2D eigenvalue weighted by molar-refractivity contribution is 0.237. The molecule has 0 saturated carbocycles. The van der Waals surface area contributed by atoms with E-state index >= 15 is 0 Å². The molecule has 25 heavy (non-hydrogen) atoms. The fourth-order valence-corrected chi connectivity index (χ4v) is 2.96. The maximum Gasteiger partial charge on any atom is 0.315 e. The summed E-state index contributed by atoms with van der Waals surface area (Å²) in [7, 11) is 0. The standard InChI is InChI=1S/C20H26N4O/c1-3-15(2)23-20(25)22-13-16-8-9-19(21-12-16)24-11-10-17-6-4-5-7-18(17)14-24/h4-9,12,15H,3,10-11,13-14H2,1-2H3,(H2,22,23,25). The van der Waals surface area contributed by atoms with Crippen molar-refractivity contribution in [1.29, 1.82) is 0 Å². The maximum absolute atomic E-state index is 11.8. The minimum absolute atomic E-state index is 0.133. The van der Waals surface area contributed by atoms with E-state index in [1.165, 1.54) is 11.1 Å². The molecule has 0 fully saturated rings. The average molecular weight is 338 g/mol. The molecule has 0 aliphatic carbocycles. The van der Waals surface area contributed by atoms with E-state index < -0.39 is 0 Å². The van der Waals surface area contributed by atoms with E-state index in [0.717, 1.165) is 37.3 Å². The van der Waals surface area contributed by atoms with Gasteiger partial charge in [-0.3, -0.25) is 0 Å². The van der Waals surface area contributed by atoms with Gasteiger partial charge in [-0.05, 0) is 42.5 Å². The predicted molar refractivity (Wildman–Crippen MR) is 101 cm³/mol. The van der Waals surface area contributed by atoms with Gasteiger partial charge in [-0.2, -0.15) is 0 Å². The number of amides is 2. The van der Waals surface area contributed by atoms with Crippen LogP contribution in [0.2, 0.25) is 0 Å². The fourth-order valence-electron chi connectivity index (χ4n) is 2.96. The topological polar surface area (TPSA) is 57.3 Å². The van der Waals surface area contributed by atoms with Gasteiger partial charge in [0.2, 0.25) is 0 Å². The number of benzene rings is 1. The number of carbonyl (C=O) groups is 1. The van der Waals surface area contributed by atoms with Crippen LogP contribution in [0, 0.1) is 0 Å². The Morgan fingerprint density at radius 1 is 1.24 bits per heavy atom. The number of nitrogens with one attached hydrogen (secondary N) is 2. The molecule has 1 aromatic heterocycles. The van der Waals surface area contributed by atoms with Gasteiger partial charge in [0.15, 0.2) is 0 Å². The van der Waals surface area contributed by atoms with Crippen LogP contribution in [0.4, 0.5) is 10.6 Å². The van der Waals surface area contributed by atoms with Crippen LogP contribution >= 0.6 is 0 Å². The van der Waals surface area contributed by atoms with Gasteiger partial charge in [0.1, 0.15) is 5.82 Å². The zero-order valence-electron chi connectivity index (χ0n) is 15.0. The number of nitrogens with zero attached hydrogens (tertiary/aromatic N) is 2. The third-order valence-electron chi connectivity index (χ3n) is 4.71. The number of hydrogen-bond acceptors (Lipinski definition) is 3. The number of aromatic nitrogens is 1. The molecule has 5 heteroatoms. The van der Waals surface area contributed by atoms with Crippen molar-refractivity contribution in [3.63, 3.8) is 0 Å². The molecule has 1 aliphatic rings. The quantitative estimate of drug-likeness (QED) is 0.880. The van der Waals surface area contributed by atoms with Crippen molar-refractivity contribution in [1.82, 2.24) is 15.6 Å². The maximum atomic E-state index is 11.8. The van der Waals surface area contributed by atoms with Crippen LogP contribution in [0.25, 0.3) is 0 Å². The molecular formula is C20H26N4O. The van der Waals surface area contributed by atoms with Gasteiger partial charge in [-0.1, -0.05) is 37.3 Å². The SMILES string of the molecule is CCC(C)NC(=O)NCc1ccc(N2CCc3ccccc3C2)nc1. The summed E-state index contributed by atoms with van der Waals surface area (Å²) in [5, 5.41) is 5.77. The number of carbonyl (C=O) groups excluding carboxylic acids is 1. The van der Waals surface area contributed by atoms with E-state index in [1.54, 1.807) is 0 Å². The average Bonchev–Trinajstić information content (AvgIpc) is 2.66. The summed E-state index contributed by atoms with van der Waals surface area (Å²) in [4.78, 5) is 18.7. The number of pyridine rings is 1. The summed E-state index contributed by atoms with van der Waals surface area (Å²) in [6.45, 7) is 6.41. The largest absolute Gasteiger partial charge is 0.352 e. The van der Waals surface area contributed by atoms with E-state index in [4.69, 9.17) is 0 Å². The number of rotatable bonds is 5. The van der Waals surface area contributed by atoms with Gasteiger partial charge >= 0.3 is 6.03 Å². The van der Waals surface area contributed by atoms with E-state index in [0.29, 0.717) is 6.54 Å². The van der Waals surface area contributed by atoms with Crippen LogP contribution in [0.3, 0.4) is 0 Å². The summed E-state index contributed by atoms with van der Waals surface area (Å²) < 4.78 is 0. The van der Waals surface area contributed by atoms with Gasteiger partial charge in [0.05, 0.1) is 0 Å². The first-order chi connectivity index (χ1) is 12.2. The van der Waals surface area contributed by atoms with Crippen molar-refractivity contribution in [2.45, 2.75) is 45.8 Å². The van der Waals surface area contributed by atoms with Crippen LogP contribution in [0.15, 0.2) is 42.6 Å². The van der Waals surface area contributed by atoms with Gasteiger partial charge < -0.3 is 15.5 Å². The van der Waals surface area contributed by atoms with E-state index in [-0.39, 0.29) is 12.1 Å². The van der Waals surface area contributed by atoms with Crippen molar-refractivity contribution in [2.24, 2.45) is 0 Å². The third-order valence-corrected chi connectivity index (χ3v) is 4.71. The molecule has 1 atom stereocenters. The summed E-state index contributed by atoms with van der Waals surface area (Å²) in [6, 6.07) is 12.7. The Hall–Kier alpha value is -2.56. The highest BCUT2D eigenvalue weighted by Gasteiger charge is 2.16. The molecule has 0 bridgehead atoms. The van der Waals surface area contributed by atoms with E-state index in [9.17, 15) is 4.79 Å². The second-order valence-corrected chi connectivity index (χ2v) is 6.60. The molecule has 0 saturated heterocycles. The van der Waals surface area contributed by atoms with Gasteiger partial charge in [-0.15, -0.1) is 0 Å². The van der Waals surface area contributed by atoms with Crippen LogP contribution in [-0.4, -0.2) is 23.6 Å². The first-order valence-corrected chi connectivity index (χ1v) is 8.96. The summed E-state index contributed by atoms with van der Waals surface area (Å²) in [5.74, 6) is 0.988. The Bertz CT molecular complexity index is 714. The molecule has 0 radical (unpaired) electrons. The Labute approximate surface area is 149 Å². The number of urea groups is 1. The first kappa shape index (κ1) is 17.3. The lowest BCUT2D eigenvalue weighted by atomic mass is 10.00. The summed E-state index contributed by atoms with van der Waals surface area (Å²) in [6.07, 6.45) is 3.82. The predicted octanol–water partition coefficient (Wildman–Crippen LogP) is 3.24. The zero-order chi connectivity index (χ0) is 17.6. The van der Waals surface area contributed by atoms with E-state index in [1.807, 2.05) is 32.2 Å². The Balaban J connectivity index is 1.55. The summed E-state index contributed by atoms with van der Waals surface area (Å²) >= 11 is 0. The minimum Gasteiger partial charge on any atom is -0.352 e. The van der Waals surface area contributed by atoms with Crippen molar-refractivity contribution in [2.75, 3.05) is 11.4 Å². The smallest absolute Gasteiger partial charge is 0.315 e. The number of hydrogen-bond donors (Lipinski definition) is 2. The Morgan fingerprint density at radius 2 is 2.04 bits per heavy atom. The molecule has 2 amide bonds. The zero-order valence-corrected chi connectivity index (χ0v) is 15.0. The van der Waals surface area contributed by atoms with Crippen LogP contribution < -0.4 is 15.5 Å². The van der Waals surface area contributed by atoms with Crippen molar-refractivity contribution in [3.05, 3.63) is 59.3 Å². The normalized spacial score (nSPS) is 14.6. The monoisotopic (exact) mass is 338 g/mol. The van der Waals surface area contributed by atoms with Crippen molar-refractivity contribution >= 4 is 11.8 Å². The second-order valence-electron chi connectivity index (χ2n) is 6.60. The fraction of sp³-hybridized carbons (Fsp3) is 0.400. The molecule has 3 rings (SSSR count). The third kappa shape index (κ3) is 4.50. The molecule has 1 aliphatic heterocycles. The molecule has 5 nitrogen and oxygen atoms in total. The molecule has 132 valence electrons. The van der Waals surface area contributed by atoms with Crippen LogP contribution in [-0.2, 0) is 19.5 Å². The molecule has 1 unspecified atom stereocenters. The molecule has 1 aromatic carbocycles. The highest BCUT2D eigenvalue weighted by Crippen LogP contribution is 2.22. The molecule has 2 N–H and O–H groups in total. The first-order valence-electron chi connectivity index (χ1n) is 8.96. The number of fused-ring (bicyclic) bond motifs is 1. The minimum atomic E-state index is -0.133. The lowest BCUT2D eigenvalue weighted by Gasteiger charge is -2.29. The molecular weight excluding hydrogens is 312 g/mol. The molecule has 2 heterocycles. The van der Waals surface area contributed by atoms with E-state index in [2.05, 4.69) is 44.8 Å². The van der Waals surface area contributed by atoms with Crippen LogP contribution in [0.1, 0.15) is 37.0 Å². The molecule has 0 spiro atoms. The van der Waals surface area contributed by atoms with Crippen LogP contribution in [0.5, 0.6) is 0 Å². The van der Waals surface area contributed by atoms with Gasteiger partial charge in [-0.25, -0.2) is 9.78 Å². The van der Waals surface area contributed by atoms with Gasteiger partial charge in [0, 0.05) is 31.9 Å². The van der Waals surface area contributed by atoms with Crippen molar-refractivity contribution in [3.8, 4) is 0 Å². The molecule has 2 aromatic rings.